The van der Waals surface area contributed by atoms with Crippen molar-refractivity contribution >= 4 is 5.91 Å². The molecule has 4 heteroatoms. The molecule has 1 aromatic heterocycles. The molecule has 1 atom stereocenters. The van der Waals surface area contributed by atoms with Crippen LogP contribution in [-0.2, 0) is 6.61 Å². The third-order valence-electron chi connectivity index (χ3n) is 3.74. The second kappa shape index (κ2) is 7.51. The molecule has 3 aromatic rings. The standard InChI is InChI=1S/C20H19NO3/c1-15(16-8-4-2-5-9-16)21-20(22)19-17(12-13-23-19)14-24-18-10-6-3-7-11-18/h2-13,15H,14H2,1H3,(H,21,22). The number of carbonyl (C=O) groups excluding carboxylic acids is 1. The molecule has 0 spiro atoms. The number of nitrogens with one attached hydrogen (secondary N) is 1. The van der Waals surface area contributed by atoms with Crippen LogP contribution in [0.4, 0.5) is 0 Å². The average Bonchev–Trinajstić information content (AvgIpc) is 3.10. The van der Waals surface area contributed by atoms with Crippen LogP contribution < -0.4 is 10.1 Å². The van der Waals surface area contributed by atoms with Gasteiger partial charge >= 0.3 is 0 Å². The summed E-state index contributed by atoms with van der Waals surface area (Å²) < 4.78 is 11.1. The molecule has 122 valence electrons. The van der Waals surface area contributed by atoms with Crippen molar-refractivity contribution < 1.29 is 13.9 Å². The van der Waals surface area contributed by atoms with Crippen molar-refractivity contribution in [2.24, 2.45) is 0 Å². The largest absolute Gasteiger partial charge is 0.489 e. The van der Waals surface area contributed by atoms with Crippen molar-refractivity contribution in [3.05, 3.63) is 89.9 Å². The molecule has 2 aromatic carbocycles. The number of hydrogen-bond donors (Lipinski definition) is 1. The van der Waals surface area contributed by atoms with Crippen LogP contribution in [0.15, 0.2) is 77.4 Å². The lowest BCUT2D eigenvalue weighted by Gasteiger charge is -2.14. The van der Waals surface area contributed by atoms with Gasteiger partial charge in [-0.25, -0.2) is 0 Å². The summed E-state index contributed by atoms with van der Waals surface area (Å²) in [5.74, 6) is 0.791. The fourth-order valence-electron chi connectivity index (χ4n) is 2.41. The Hall–Kier alpha value is -3.01. The first-order valence-electron chi connectivity index (χ1n) is 7.84. The van der Waals surface area contributed by atoms with Gasteiger partial charge < -0.3 is 14.5 Å². The summed E-state index contributed by atoms with van der Waals surface area (Å²) in [6.45, 7) is 2.22. The van der Waals surface area contributed by atoms with Gasteiger partial charge in [-0.3, -0.25) is 4.79 Å². The Labute approximate surface area is 141 Å². The van der Waals surface area contributed by atoms with Crippen LogP contribution in [0.2, 0.25) is 0 Å². The van der Waals surface area contributed by atoms with Crippen LogP contribution >= 0.6 is 0 Å². The van der Waals surface area contributed by atoms with Crippen LogP contribution in [0.3, 0.4) is 0 Å². The van der Waals surface area contributed by atoms with Gasteiger partial charge in [-0.2, -0.15) is 0 Å². The molecule has 1 amide bonds. The number of ether oxygens (including phenoxy) is 1. The van der Waals surface area contributed by atoms with Crippen molar-refractivity contribution in [3.63, 3.8) is 0 Å². The van der Waals surface area contributed by atoms with E-state index in [9.17, 15) is 4.79 Å². The maximum absolute atomic E-state index is 12.5. The van der Waals surface area contributed by atoms with Crippen molar-refractivity contribution in [2.75, 3.05) is 0 Å². The van der Waals surface area contributed by atoms with Gasteiger partial charge in [0.25, 0.3) is 5.91 Å². The number of furan rings is 1. The fraction of sp³-hybridized carbons (Fsp3) is 0.150. The first kappa shape index (κ1) is 15.9. The van der Waals surface area contributed by atoms with E-state index in [4.69, 9.17) is 9.15 Å². The zero-order valence-electron chi connectivity index (χ0n) is 13.4. The summed E-state index contributed by atoms with van der Waals surface area (Å²) in [5.41, 5.74) is 1.76. The van der Waals surface area contributed by atoms with Gasteiger partial charge in [0.15, 0.2) is 5.76 Å². The zero-order chi connectivity index (χ0) is 16.8. The van der Waals surface area contributed by atoms with E-state index in [0.29, 0.717) is 0 Å². The molecule has 1 heterocycles. The second-order valence-electron chi connectivity index (χ2n) is 5.48. The van der Waals surface area contributed by atoms with Crippen LogP contribution in [0.5, 0.6) is 5.75 Å². The molecule has 0 radical (unpaired) electrons. The first-order valence-corrected chi connectivity index (χ1v) is 7.84. The Morgan fingerprint density at radius 1 is 1.04 bits per heavy atom. The Bertz CT molecular complexity index is 781. The molecule has 1 N–H and O–H groups in total. The fourth-order valence-corrected chi connectivity index (χ4v) is 2.41. The Morgan fingerprint density at radius 3 is 2.42 bits per heavy atom. The summed E-state index contributed by atoms with van der Waals surface area (Å²) in [5, 5.41) is 2.95. The summed E-state index contributed by atoms with van der Waals surface area (Å²) in [6.07, 6.45) is 1.51. The Balaban J connectivity index is 1.65. The van der Waals surface area contributed by atoms with E-state index in [2.05, 4.69) is 5.32 Å². The van der Waals surface area contributed by atoms with Crippen molar-refractivity contribution in [2.45, 2.75) is 19.6 Å². The maximum atomic E-state index is 12.5. The molecule has 0 aliphatic carbocycles. The topological polar surface area (TPSA) is 51.5 Å². The smallest absolute Gasteiger partial charge is 0.287 e. The highest BCUT2D eigenvalue weighted by atomic mass is 16.5. The molecular weight excluding hydrogens is 302 g/mol. The van der Waals surface area contributed by atoms with Gasteiger partial charge in [-0.1, -0.05) is 48.5 Å². The Morgan fingerprint density at radius 2 is 1.71 bits per heavy atom. The maximum Gasteiger partial charge on any atom is 0.287 e. The molecule has 3 rings (SSSR count). The number of para-hydroxylation sites is 1. The second-order valence-corrected chi connectivity index (χ2v) is 5.48. The van der Waals surface area contributed by atoms with Crippen LogP contribution in [0.25, 0.3) is 0 Å². The molecule has 1 unspecified atom stereocenters. The predicted octanol–water partition coefficient (Wildman–Crippen LogP) is 4.35. The number of carbonyl (C=O) groups is 1. The predicted molar refractivity (Wildman–Crippen MR) is 91.8 cm³/mol. The summed E-state index contributed by atoms with van der Waals surface area (Å²) in [7, 11) is 0. The highest BCUT2D eigenvalue weighted by molar-refractivity contribution is 5.93. The summed E-state index contributed by atoms with van der Waals surface area (Å²) >= 11 is 0. The third kappa shape index (κ3) is 3.84. The zero-order valence-corrected chi connectivity index (χ0v) is 13.4. The van der Waals surface area contributed by atoms with Crippen molar-refractivity contribution in [3.8, 4) is 5.75 Å². The SMILES string of the molecule is CC(NC(=O)c1occc1COc1ccccc1)c1ccccc1. The van der Waals surface area contributed by atoms with Gasteiger partial charge in [0.2, 0.25) is 0 Å². The lowest BCUT2D eigenvalue weighted by molar-refractivity contribution is 0.0908. The quantitative estimate of drug-likeness (QED) is 0.734. The van der Waals surface area contributed by atoms with E-state index in [0.717, 1.165) is 16.9 Å². The van der Waals surface area contributed by atoms with E-state index in [1.807, 2.05) is 67.6 Å². The first-order chi connectivity index (χ1) is 11.7. The van der Waals surface area contributed by atoms with Gasteiger partial charge in [-0.15, -0.1) is 0 Å². The highest BCUT2D eigenvalue weighted by Gasteiger charge is 2.18. The minimum atomic E-state index is -0.247. The number of benzene rings is 2. The van der Waals surface area contributed by atoms with E-state index in [1.165, 1.54) is 6.26 Å². The summed E-state index contributed by atoms with van der Waals surface area (Å²) in [6, 6.07) is 20.9. The minimum Gasteiger partial charge on any atom is -0.489 e. The van der Waals surface area contributed by atoms with Crippen LogP contribution in [0.1, 0.15) is 34.6 Å². The average molecular weight is 321 g/mol. The van der Waals surface area contributed by atoms with E-state index < -0.39 is 0 Å². The molecule has 24 heavy (non-hydrogen) atoms. The van der Waals surface area contributed by atoms with Gasteiger partial charge in [0, 0.05) is 5.56 Å². The molecule has 0 saturated carbocycles. The molecule has 0 bridgehead atoms. The Kier molecular flexibility index (Phi) is 4.96. The molecule has 0 aliphatic heterocycles. The normalized spacial score (nSPS) is 11.7. The number of hydrogen-bond acceptors (Lipinski definition) is 3. The monoisotopic (exact) mass is 321 g/mol. The highest BCUT2D eigenvalue weighted by Crippen LogP contribution is 2.18. The van der Waals surface area contributed by atoms with Gasteiger partial charge in [0.05, 0.1) is 12.3 Å². The van der Waals surface area contributed by atoms with Gasteiger partial charge in [-0.05, 0) is 30.7 Å². The lowest BCUT2D eigenvalue weighted by atomic mass is 10.1. The van der Waals surface area contributed by atoms with E-state index in [1.54, 1.807) is 6.07 Å². The third-order valence-corrected chi connectivity index (χ3v) is 3.74. The van der Waals surface area contributed by atoms with E-state index >= 15 is 0 Å². The molecule has 0 saturated heterocycles. The molecule has 0 aliphatic rings. The molecular formula is C20H19NO3. The van der Waals surface area contributed by atoms with Gasteiger partial charge in [0.1, 0.15) is 12.4 Å². The lowest BCUT2D eigenvalue weighted by Crippen LogP contribution is -2.27. The molecule has 4 nitrogen and oxygen atoms in total. The van der Waals surface area contributed by atoms with Crippen LogP contribution in [-0.4, -0.2) is 5.91 Å². The molecule has 0 fully saturated rings. The minimum absolute atomic E-state index is 0.105. The number of amides is 1. The van der Waals surface area contributed by atoms with Crippen molar-refractivity contribution in [1.29, 1.82) is 0 Å². The van der Waals surface area contributed by atoms with Crippen LogP contribution in [0, 0.1) is 0 Å². The number of rotatable bonds is 6. The van der Waals surface area contributed by atoms with E-state index in [-0.39, 0.29) is 24.3 Å². The summed E-state index contributed by atoms with van der Waals surface area (Å²) in [4.78, 5) is 12.5. The van der Waals surface area contributed by atoms with Crippen molar-refractivity contribution in [1.82, 2.24) is 5.32 Å².